The molecule has 0 radical (unpaired) electrons. The average Bonchev–Trinajstić information content (AvgIpc) is 2.75. The van der Waals surface area contributed by atoms with Crippen LogP contribution in [0.3, 0.4) is 0 Å². The second-order valence-electron chi connectivity index (χ2n) is 7.11. The lowest BCUT2D eigenvalue weighted by Gasteiger charge is -2.30. The summed E-state index contributed by atoms with van der Waals surface area (Å²) in [5, 5.41) is 11.7. The van der Waals surface area contributed by atoms with E-state index in [1.165, 1.54) is 0 Å². The van der Waals surface area contributed by atoms with Crippen molar-refractivity contribution < 1.29 is 4.21 Å². The van der Waals surface area contributed by atoms with E-state index in [1.54, 1.807) is 7.05 Å². The van der Waals surface area contributed by atoms with Gasteiger partial charge in [0.1, 0.15) is 5.82 Å². The van der Waals surface area contributed by atoms with E-state index >= 15 is 0 Å². The number of fused-ring (bicyclic) bond motifs is 1. The predicted octanol–water partition coefficient (Wildman–Crippen LogP) is 2.89. The van der Waals surface area contributed by atoms with Crippen molar-refractivity contribution in [2.24, 2.45) is 4.99 Å². The Hall–Kier alpha value is -2.15. The van der Waals surface area contributed by atoms with Gasteiger partial charge in [-0.05, 0) is 37.5 Å². The van der Waals surface area contributed by atoms with Crippen molar-refractivity contribution in [3.05, 3.63) is 36.4 Å². The molecule has 3 atom stereocenters. The lowest BCUT2D eigenvalue weighted by atomic mass is 9.95. The number of benzene rings is 1. The molecule has 1 heterocycles. The van der Waals surface area contributed by atoms with E-state index in [0.717, 1.165) is 67.2 Å². The van der Waals surface area contributed by atoms with Crippen molar-refractivity contribution >= 4 is 33.5 Å². The van der Waals surface area contributed by atoms with Gasteiger partial charge >= 0.3 is 0 Å². The van der Waals surface area contributed by atoms with E-state index in [0.29, 0.717) is 11.3 Å². The molecule has 0 spiro atoms. The number of aromatic nitrogens is 1. The fourth-order valence-corrected chi connectivity index (χ4v) is 5.02. The SMILES string of the molecule is CCS(=O)C1CCCC(NC(=NC)NCCNc2ccc3ccccc3n2)C1. The number of guanidine groups is 1. The van der Waals surface area contributed by atoms with E-state index in [4.69, 9.17) is 0 Å². The van der Waals surface area contributed by atoms with Gasteiger partial charge in [-0.1, -0.05) is 31.5 Å². The summed E-state index contributed by atoms with van der Waals surface area (Å²) >= 11 is 0. The smallest absolute Gasteiger partial charge is 0.191 e. The summed E-state index contributed by atoms with van der Waals surface area (Å²) in [5.41, 5.74) is 0.995. The first kappa shape index (κ1) is 20.6. The number of hydrogen-bond donors (Lipinski definition) is 3. The summed E-state index contributed by atoms with van der Waals surface area (Å²) in [4.78, 5) is 8.96. The maximum atomic E-state index is 12.1. The maximum Gasteiger partial charge on any atom is 0.191 e. The molecule has 1 aromatic heterocycles. The number of nitrogens with zero attached hydrogens (tertiary/aromatic N) is 2. The van der Waals surface area contributed by atoms with Crippen LogP contribution in [0, 0.1) is 0 Å². The quantitative estimate of drug-likeness (QED) is 0.378. The van der Waals surface area contributed by atoms with Crippen molar-refractivity contribution in [1.82, 2.24) is 15.6 Å². The zero-order valence-electron chi connectivity index (χ0n) is 16.8. The van der Waals surface area contributed by atoms with Gasteiger partial charge in [-0.3, -0.25) is 9.20 Å². The fourth-order valence-electron chi connectivity index (χ4n) is 3.67. The second kappa shape index (κ2) is 10.4. The molecule has 7 heteroatoms. The molecule has 0 saturated heterocycles. The summed E-state index contributed by atoms with van der Waals surface area (Å²) in [7, 11) is 1.08. The largest absolute Gasteiger partial charge is 0.368 e. The Balaban J connectivity index is 1.43. The van der Waals surface area contributed by atoms with E-state index in [9.17, 15) is 4.21 Å². The van der Waals surface area contributed by atoms with Gasteiger partial charge in [0.25, 0.3) is 0 Å². The molecule has 0 amide bonds. The summed E-state index contributed by atoms with van der Waals surface area (Å²) in [6.45, 7) is 3.50. The first-order chi connectivity index (χ1) is 13.7. The van der Waals surface area contributed by atoms with E-state index < -0.39 is 10.8 Å². The highest BCUT2D eigenvalue weighted by Crippen LogP contribution is 2.23. The van der Waals surface area contributed by atoms with Gasteiger partial charge in [-0.15, -0.1) is 0 Å². The zero-order valence-corrected chi connectivity index (χ0v) is 17.6. The Morgan fingerprint density at radius 1 is 1.21 bits per heavy atom. The molecule has 0 aliphatic heterocycles. The molecule has 152 valence electrons. The summed E-state index contributed by atoms with van der Waals surface area (Å²) in [6, 6.07) is 12.5. The van der Waals surface area contributed by atoms with E-state index in [-0.39, 0.29) is 0 Å². The highest BCUT2D eigenvalue weighted by atomic mass is 32.2. The topological polar surface area (TPSA) is 78.4 Å². The Morgan fingerprint density at radius 3 is 2.89 bits per heavy atom. The lowest BCUT2D eigenvalue weighted by molar-refractivity contribution is 0.413. The van der Waals surface area contributed by atoms with Gasteiger partial charge in [-0.25, -0.2) is 4.98 Å². The van der Waals surface area contributed by atoms with Crippen LogP contribution in [0.4, 0.5) is 5.82 Å². The number of para-hydroxylation sites is 1. The Kier molecular flexibility index (Phi) is 7.65. The van der Waals surface area contributed by atoms with Crippen LogP contribution in [0.2, 0.25) is 0 Å². The molecule has 3 unspecified atom stereocenters. The van der Waals surface area contributed by atoms with Gasteiger partial charge in [-0.2, -0.15) is 0 Å². The van der Waals surface area contributed by atoms with Crippen molar-refractivity contribution in [2.75, 3.05) is 31.2 Å². The molecule has 0 bridgehead atoms. The number of pyridine rings is 1. The van der Waals surface area contributed by atoms with E-state index in [1.807, 2.05) is 31.2 Å². The standard InChI is InChI=1S/C21H31N5OS/c1-3-28(27)18-9-6-8-17(15-18)25-21(22-2)24-14-13-23-20-12-11-16-7-4-5-10-19(16)26-20/h4-5,7,10-12,17-18H,3,6,8-9,13-15H2,1-2H3,(H,23,26)(H2,22,24,25). The van der Waals surface area contributed by atoms with Gasteiger partial charge in [0.05, 0.1) is 5.52 Å². The van der Waals surface area contributed by atoms with Crippen LogP contribution in [0.5, 0.6) is 0 Å². The van der Waals surface area contributed by atoms with Crippen LogP contribution in [-0.4, -0.2) is 52.3 Å². The fraction of sp³-hybridized carbons (Fsp3) is 0.524. The third kappa shape index (κ3) is 5.67. The minimum Gasteiger partial charge on any atom is -0.368 e. The molecule has 1 fully saturated rings. The predicted molar refractivity (Wildman–Crippen MR) is 119 cm³/mol. The van der Waals surface area contributed by atoms with Crippen molar-refractivity contribution in [3.8, 4) is 0 Å². The van der Waals surface area contributed by atoms with Gasteiger partial charge in [0.15, 0.2) is 5.96 Å². The molecule has 1 saturated carbocycles. The first-order valence-electron chi connectivity index (χ1n) is 10.1. The van der Waals surface area contributed by atoms with Crippen LogP contribution >= 0.6 is 0 Å². The van der Waals surface area contributed by atoms with Gasteiger partial charge < -0.3 is 16.0 Å². The van der Waals surface area contributed by atoms with E-state index in [2.05, 4.69) is 38.1 Å². The molecular weight excluding hydrogens is 370 g/mol. The van der Waals surface area contributed by atoms with Crippen LogP contribution in [0.1, 0.15) is 32.6 Å². The highest BCUT2D eigenvalue weighted by Gasteiger charge is 2.25. The molecule has 6 nitrogen and oxygen atoms in total. The minimum atomic E-state index is -0.706. The Labute approximate surface area is 170 Å². The molecule has 3 rings (SSSR count). The van der Waals surface area contributed by atoms with Crippen molar-refractivity contribution in [3.63, 3.8) is 0 Å². The van der Waals surface area contributed by atoms with Crippen LogP contribution < -0.4 is 16.0 Å². The lowest BCUT2D eigenvalue weighted by Crippen LogP contribution is -2.47. The highest BCUT2D eigenvalue weighted by molar-refractivity contribution is 7.85. The summed E-state index contributed by atoms with van der Waals surface area (Å²) < 4.78 is 12.1. The van der Waals surface area contributed by atoms with Gasteiger partial charge in [0.2, 0.25) is 0 Å². The third-order valence-corrected chi connectivity index (χ3v) is 6.91. The molecule has 1 aromatic carbocycles. The molecule has 28 heavy (non-hydrogen) atoms. The first-order valence-corrected chi connectivity index (χ1v) is 11.5. The number of hydrogen-bond acceptors (Lipinski definition) is 4. The Bertz CT molecular complexity index is 825. The zero-order chi connectivity index (χ0) is 19.8. The monoisotopic (exact) mass is 401 g/mol. The molecule has 1 aliphatic rings. The van der Waals surface area contributed by atoms with Gasteiger partial charge in [0, 0.05) is 53.4 Å². The van der Waals surface area contributed by atoms with Crippen LogP contribution in [0.15, 0.2) is 41.4 Å². The van der Waals surface area contributed by atoms with Crippen molar-refractivity contribution in [1.29, 1.82) is 0 Å². The molecular formula is C21H31N5OS. The van der Waals surface area contributed by atoms with Crippen LogP contribution in [-0.2, 0) is 10.8 Å². The molecule has 1 aliphatic carbocycles. The second-order valence-corrected chi connectivity index (χ2v) is 9.12. The number of nitrogens with one attached hydrogen (secondary N) is 3. The Morgan fingerprint density at radius 2 is 2.07 bits per heavy atom. The number of aliphatic imine (C=N–C) groups is 1. The number of rotatable bonds is 7. The molecule has 2 aromatic rings. The summed E-state index contributed by atoms with van der Waals surface area (Å²) in [6.07, 6.45) is 4.27. The maximum absolute atomic E-state index is 12.1. The summed E-state index contributed by atoms with van der Waals surface area (Å²) in [5.74, 6) is 2.43. The number of anilines is 1. The average molecular weight is 402 g/mol. The van der Waals surface area contributed by atoms with Crippen LogP contribution in [0.25, 0.3) is 10.9 Å². The normalized spacial score (nSPS) is 21.3. The minimum absolute atomic E-state index is 0.315. The molecule has 3 N–H and O–H groups in total. The third-order valence-electron chi connectivity index (χ3n) is 5.17. The van der Waals surface area contributed by atoms with Crippen molar-refractivity contribution in [2.45, 2.75) is 43.9 Å².